The van der Waals surface area contributed by atoms with Gasteiger partial charge in [0.15, 0.2) is 0 Å². The minimum absolute atomic E-state index is 0.127. The molecule has 2 aliphatic heterocycles. The highest BCUT2D eigenvalue weighted by Crippen LogP contribution is 2.40. The van der Waals surface area contributed by atoms with Crippen LogP contribution in [0.1, 0.15) is 37.7 Å². The molecule has 3 heteroatoms. The van der Waals surface area contributed by atoms with E-state index in [1.165, 1.54) is 42.6 Å². The standard InChI is InChI=1S/C18H23NOS/c20-18(17-11-14-6-3-4-8-16(14)21-17)19-10-9-13-5-1-2-7-15(13)12-19/h3-4,6,8,13,15,17H,1-2,5,7,9-12H2/t13-,15-,17-/m0/s1. The third-order valence-corrected chi connectivity index (χ3v) is 6.83. The number of thioether (sulfide) groups is 1. The lowest BCUT2D eigenvalue weighted by molar-refractivity contribution is -0.133. The average molecular weight is 301 g/mol. The molecule has 1 aliphatic carbocycles. The third-order valence-electron chi connectivity index (χ3n) is 5.53. The van der Waals surface area contributed by atoms with Gasteiger partial charge < -0.3 is 4.90 Å². The van der Waals surface area contributed by atoms with Gasteiger partial charge >= 0.3 is 0 Å². The Hall–Kier alpha value is -0.960. The van der Waals surface area contributed by atoms with Gasteiger partial charge in [0.1, 0.15) is 0 Å². The summed E-state index contributed by atoms with van der Waals surface area (Å²) in [7, 11) is 0. The largest absolute Gasteiger partial charge is 0.341 e. The molecule has 1 aromatic carbocycles. The van der Waals surface area contributed by atoms with Gasteiger partial charge in [0.05, 0.1) is 5.25 Å². The van der Waals surface area contributed by atoms with Crippen molar-refractivity contribution in [3.8, 4) is 0 Å². The Kier molecular flexibility index (Phi) is 3.70. The SMILES string of the molecule is O=C([C@@H]1Cc2ccccc2S1)N1CC[C@@H]2CCCC[C@H]2C1. The maximum Gasteiger partial charge on any atom is 0.236 e. The van der Waals surface area contributed by atoms with E-state index in [4.69, 9.17) is 0 Å². The third kappa shape index (κ3) is 2.61. The molecule has 0 bridgehead atoms. The lowest BCUT2D eigenvalue weighted by atomic mass is 9.75. The highest BCUT2D eigenvalue weighted by molar-refractivity contribution is 8.01. The molecule has 3 atom stereocenters. The summed E-state index contributed by atoms with van der Waals surface area (Å²) in [5.74, 6) is 2.07. The van der Waals surface area contributed by atoms with Crippen molar-refractivity contribution < 1.29 is 4.79 Å². The Bertz CT molecular complexity index is 519. The lowest BCUT2D eigenvalue weighted by Gasteiger charge is -2.42. The van der Waals surface area contributed by atoms with Crippen LogP contribution in [-0.2, 0) is 11.2 Å². The molecule has 1 saturated heterocycles. The quantitative estimate of drug-likeness (QED) is 0.787. The molecular formula is C18H23NOS. The molecule has 4 rings (SSSR count). The minimum Gasteiger partial charge on any atom is -0.341 e. The molecular weight excluding hydrogens is 278 g/mol. The molecule has 3 aliphatic rings. The Morgan fingerprint density at radius 3 is 2.76 bits per heavy atom. The number of amides is 1. The van der Waals surface area contributed by atoms with Gasteiger partial charge in [-0.05, 0) is 42.7 Å². The van der Waals surface area contributed by atoms with E-state index in [2.05, 4.69) is 29.2 Å². The molecule has 0 aromatic heterocycles. The van der Waals surface area contributed by atoms with Crippen molar-refractivity contribution >= 4 is 17.7 Å². The molecule has 0 radical (unpaired) electrons. The summed E-state index contributed by atoms with van der Waals surface area (Å²) in [5, 5.41) is 0.127. The summed E-state index contributed by atoms with van der Waals surface area (Å²) in [4.78, 5) is 16.3. The molecule has 0 spiro atoms. The monoisotopic (exact) mass is 301 g/mol. The van der Waals surface area contributed by atoms with E-state index < -0.39 is 0 Å². The predicted molar refractivity (Wildman–Crippen MR) is 86.4 cm³/mol. The van der Waals surface area contributed by atoms with Gasteiger partial charge in [0.25, 0.3) is 0 Å². The number of carbonyl (C=O) groups is 1. The molecule has 2 nitrogen and oxygen atoms in total. The molecule has 2 heterocycles. The lowest BCUT2D eigenvalue weighted by Crippen LogP contribution is -2.47. The van der Waals surface area contributed by atoms with Crippen molar-refractivity contribution in [1.29, 1.82) is 0 Å². The van der Waals surface area contributed by atoms with Gasteiger partial charge in [-0.3, -0.25) is 4.79 Å². The maximum absolute atomic E-state index is 12.8. The van der Waals surface area contributed by atoms with Gasteiger partial charge in [-0.1, -0.05) is 37.5 Å². The fourth-order valence-electron chi connectivity index (χ4n) is 4.32. The van der Waals surface area contributed by atoms with E-state index in [1.807, 2.05) is 0 Å². The van der Waals surface area contributed by atoms with Gasteiger partial charge in [-0.25, -0.2) is 0 Å². The Labute approximate surface area is 131 Å². The zero-order valence-corrected chi connectivity index (χ0v) is 13.3. The van der Waals surface area contributed by atoms with Gasteiger partial charge in [0, 0.05) is 18.0 Å². The summed E-state index contributed by atoms with van der Waals surface area (Å²) in [6.07, 6.45) is 7.67. The summed E-state index contributed by atoms with van der Waals surface area (Å²) >= 11 is 1.78. The Balaban J connectivity index is 1.42. The first kappa shape index (κ1) is 13.7. The molecule has 0 unspecified atom stereocenters. The van der Waals surface area contributed by atoms with Crippen LogP contribution in [0.3, 0.4) is 0 Å². The van der Waals surface area contributed by atoms with Gasteiger partial charge in [-0.2, -0.15) is 0 Å². The first-order chi connectivity index (χ1) is 10.3. The van der Waals surface area contributed by atoms with Crippen molar-refractivity contribution in [2.24, 2.45) is 11.8 Å². The van der Waals surface area contributed by atoms with Crippen LogP contribution in [0.2, 0.25) is 0 Å². The van der Waals surface area contributed by atoms with E-state index >= 15 is 0 Å². The van der Waals surface area contributed by atoms with E-state index in [0.29, 0.717) is 5.91 Å². The fraction of sp³-hybridized carbons (Fsp3) is 0.611. The summed E-state index contributed by atoms with van der Waals surface area (Å²) in [5.41, 5.74) is 1.36. The zero-order valence-electron chi connectivity index (χ0n) is 12.5. The van der Waals surface area contributed by atoms with E-state index in [9.17, 15) is 4.79 Å². The van der Waals surface area contributed by atoms with Crippen LogP contribution in [0.25, 0.3) is 0 Å². The molecule has 1 amide bonds. The number of fused-ring (bicyclic) bond motifs is 2. The highest BCUT2D eigenvalue weighted by Gasteiger charge is 2.37. The van der Waals surface area contributed by atoms with Crippen LogP contribution in [0.5, 0.6) is 0 Å². The number of benzene rings is 1. The summed E-state index contributed by atoms with van der Waals surface area (Å²) in [6, 6.07) is 8.48. The Morgan fingerprint density at radius 1 is 1.10 bits per heavy atom. The van der Waals surface area contributed by atoms with Crippen molar-refractivity contribution in [1.82, 2.24) is 4.90 Å². The molecule has 112 valence electrons. The van der Waals surface area contributed by atoms with E-state index in [0.717, 1.165) is 31.3 Å². The van der Waals surface area contributed by atoms with Crippen LogP contribution >= 0.6 is 11.8 Å². The van der Waals surface area contributed by atoms with Gasteiger partial charge in [-0.15, -0.1) is 11.8 Å². The van der Waals surface area contributed by atoms with Crippen LogP contribution in [0.4, 0.5) is 0 Å². The van der Waals surface area contributed by atoms with Gasteiger partial charge in [0.2, 0.25) is 5.91 Å². The van der Waals surface area contributed by atoms with E-state index in [-0.39, 0.29) is 5.25 Å². The number of likely N-dealkylation sites (tertiary alicyclic amines) is 1. The molecule has 1 saturated carbocycles. The number of hydrogen-bond donors (Lipinski definition) is 0. The van der Waals surface area contributed by atoms with Crippen molar-refractivity contribution in [3.63, 3.8) is 0 Å². The first-order valence-corrected chi connectivity index (χ1v) is 9.22. The second-order valence-corrected chi connectivity index (χ2v) is 8.04. The Morgan fingerprint density at radius 2 is 1.90 bits per heavy atom. The van der Waals surface area contributed by atoms with Crippen LogP contribution in [0, 0.1) is 11.8 Å². The highest BCUT2D eigenvalue weighted by atomic mass is 32.2. The van der Waals surface area contributed by atoms with Crippen molar-refractivity contribution in [2.75, 3.05) is 13.1 Å². The number of piperidine rings is 1. The smallest absolute Gasteiger partial charge is 0.236 e. The van der Waals surface area contributed by atoms with Crippen LogP contribution in [-0.4, -0.2) is 29.1 Å². The van der Waals surface area contributed by atoms with Crippen molar-refractivity contribution in [3.05, 3.63) is 29.8 Å². The number of hydrogen-bond acceptors (Lipinski definition) is 2. The minimum atomic E-state index is 0.127. The molecule has 1 aromatic rings. The van der Waals surface area contributed by atoms with Crippen molar-refractivity contribution in [2.45, 2.75) is 48.7 Å². The average Bonchev–Trinajstić information content (AvgIpc) is 2.97. The number of carbonyl (C=O) groups excluding carboxylic acids is 1. The second kappa shape index (κ2) is 5.68. The molecule has 0 N–H and O–H groups in total. The predicted octanol–water partition coefficient (Wildman–Crippen LogP) is 3.74. The maximum atomic E-state index is 12.8. The number of rotatable bonds is 1. The number of nitrogens with zero attached hydrogens (tertiary/aromatic N) is 1. The molecule has 21 heavy (non-hydrogen) atoms. The molecule has 2 fully saturated rings. The van der Waals surface area contributed by atoms with Crippen LogP contribution < -0.4 is 0 Å². The zero-order chi connectivity index (χ0) is 14.2. The second-order valence-electron chi connectivity index (χ2n) is 6.80. The van der Waals surface area contributed by atoms with Crippen LogP contribution in [0.15, 0.2) is 29.2 Å². The normalized spacial score (nSPS) is 31.6. The van der Waals surface area contributed by atoms with E-state index in [1.54, 1.807) is 11.8 Å². The fourth-order valence-corrected chi connectivity index (χ4v) is 5.60. The summed E-state index contributed by atoms with van der Waals surface area (Å²) < 4.78 is 0. The first-order valence-electron chi connectivity index (χ1n) is 8.34. The summed E-state index contributed by atoms with van der Waals surface area (Å²) in [6.45, 7) is 2.02. The topological polar surface area (TPSA) is 20.3 Å².